The number of halogens is 2. The minimum atomic E-state index is -0.254. The molecule has 3 atom stereocenters. The number of amides is 1. The second-order valence-corrected chi connectivity index (χ2v) is 6.92. The van der Waals surface area contributed by atoms with Crippen LogP contribution in [0.1, 0.15) is 43.0 Å². The average Bonchev–Trinajstić information content (AvgIpc) is 3.10. The molecule has 2 fully saturated rings. The Balaban J connectivity index is 1.64. The van der Waals surface area contributed by atoms with E-state index in [1.54, 1.807) is 18.2 Å². The van der Waals surface area contributed by atoms with E-state index in [-0.39, 0.29) is 5.91 Å². The molecule has 112 valence electrons. The zero-order valence-corrected chi connectivity index (χ0v) is 13.4. The highest BCUT2D eigenvalue weighted by Crippen LogP contribution is 2.48. The number of nitrogens with one attached hydrogen (secondary N) is 1. The molecule has 3 rings (SSSR count). The van der Waals surface area contributed by atoms with Crippen molar-refractivity contribution in [3.63, 3.8) is 0 Å². The maximum atomic E-state index is 12.1. The van der Waals surface area contributed by atoms with Crippen LogP contribution in [0.2, 0.25) is 10.0 Å². The number of hydrazone groups is 1. The fraction of sp³-hybridized carbons (Fsp3) is 0.500. The summed E-state index contributed by atoms with van der Waals surface area (Å²) in [5, 5.41) is 5.11. The summed E-state index contributed by atoms with van der Waals surface area (Å²) in [7, 11) is 0. The largest absolute Gasteiger partial charge is 0.271 e. The molecule has 1 aromatic carbocycles. The third-order valence-corrected chi connectivity index (χ3v) is 5.53. The standard InChI is InChI=1S/C16H18Cl2N2O/c1-9(13-7-10-2-3-11(13)6-10)19-20-16(21)12-4-5-14(17)15(18)8-12/h4-5,8,10-11,13H,2-3,6-7H2,1H3,(H,20,21)/b19-9+/t10-,11-,13+/m1/s1. The second-order valence-electron chi connectivity index (χ2n) is 6.10. The van der Waals surface area contributed by atoms with E-state index < -0.39 is 0 Å². The van der Waals surface area contributed by atoms with Gasteiger partial charge in [-0.25, -0.2) is 5.43 Å². The van der Waals surface area contributed by atoms with Crippen molar-refractivity contribution in [2.75, 3.05) is 0 Å². The van der Waals surface area contributed by atoms with Crippen LogP contribution < -0.4 is 5.43 Å². The Kier molecular flexibility index (Phi) is 4.23. The Morgan fingerprint density at radius 2 is 2.05 bits per heavy atom. The summed E-state index contributed by atoms with van der Waals surface area (Å²) < 4.78 is 0. The van der Waals surface area contributed by atoms with Gasteiger partial charge in [0.2, 0.25) is 0 Å². The van der Waals surface area contributed by atoms with Gasteiger partial charge in [-0.05, 0) is 56.2 Å². The summed E-state index contributed by atoms with van der Waals surface area (Å²) in [6.07, 6.45) is 5.23. The van der Waals surface area contributed by atoms with Crippen LogP contribution in [0.15, 0.2) is 23.3 Å². The Bertz CT molecular complexity index is 600. The Morgan fingerprint density at radius 3 is 2.67 bits per heavy atom. The fourth-order valence-electron chi connectivity index (χ4n) is 3.68. The lowest BCUT2D eigenvalue weighted by molar-refractivity contribution is 0.0954. The van der Waals surface area contributed by atoms with Crippen molar-refractivity contribution in [2.24, 2.45) is 22.9 Å². The van der Waals surface area contributed by atoms with Gasteiger partial charge in [0.05, 0.1) is 10.0 Å². The minimum Gasteiger partial charge on any atom is -0.267 e. The van der Waals surface area contributed by atoms with Gasteiger partial charge in [-0.1, -0.05) is 29.6 Å². The van der Waals surface area contributed by atoms with Crippen LogP contribution in [0.5, 0.6) is 0 Å². The summed E-state index contributed by atoms with van der Waals surface area (Å²) >= 11 is 11.8. The van der Waals surface area contributed by atoms with Crippen LogP contribution >= 0.6 is 23.2 Å². The van der Waals surface area contributed by atoms with Crippen molar-refractivity contribution < 1.29 is 4.79 Å². The quantitative estimate of drug-likeness (QED) is 0.643. The highest BCUT2D eigenvalue weighted by molar-refractivity contribution is 6.42. The molecule has 0 saturated heterocycles. The molecule has 2 aliphatic carbocycles. The highest BCUT2D eigenvalue weighted by Gasteiger charge is 2.40. The highest BCUT2D eigenvalue weighted by atomic mass is 35.5. The molecular formula is C16H18Cl2N2O. The molecule has 0 unspecified atom stereocenters. The van der Waals surface area contributed by atoms with Crippen molar-refractivity contribution in [2.45, 2.75) is 32.6 Å². The van der Waals surface area contributed by atoms with E-state index in [1.807, 2.05) is 6.92 Å². The van der Waals surface area contributed by atoms with Gasteiger partial charge in [0.25, 0.3) is 5.91 Å². The first-order valence-corrected chi connectivity index (χ1v) is 8.09. The number of fused-ring (bicyclic) bond motifs is 2. The number of carbonyl (C=O) groups excluding carboxylic acids is 1. The number of hydrogen-bond donors (Lipinski definition) is 1. The van der Waals surface area contributed by atoms with Crippen LogP contribution in [-0.4, -0.2) is 11.6 Å². The third kappa shape index (κ3) is 3.09. The molecule has 3 nitrogen and oxygen atoms in total. The Hall–Kier alpha value is -1.06. The van der Waals surface area contributed by atoms with Gasteiger partial charge in [0, 0.05) is 17.2 Å². The van der Waals surface area contributed by atoms with Crippen molar-refractivity contribution in [3.05, 3.63) is 33.8 Å². The van der Waals surface area contributed by atoms with Crippen LogP contribution in [-0.2, 0) is 0 Å². The second kappa shape index (κ2) is 5.98. The van der Waals surface area contributed by atoms with E-state index in [4.69, 9.17) is 23.2 Å². The van der Waals surface area contributed by atoms with Gasteiger partial charge in [-0.2, -0.15) is 5.10 Å². The number of carbonyl (C=O) groups is 1. The van der Waals surface area contributed by atoms with Gasteiger partial charge in [-0.3, -0.25) is 4.79 Å². The number of benzene rings is 1. The van der Waals surface area contributed by atoms with Crippen LogP contribution in [0.25, 0.3) is 0 Å². The summed E-state index contributed by atoms with van der Waals surface area (Å²) in [5.41, 5.74) is 4.13. The summed E-state index contributed by atoms with van der Waals surface area (Å²) in [6.45, 7) is 2.01. The SMILES string of the molecule is C/C(=N\NC(=O)c1ccc(Cl)c(Cl)c1)[C@@H]1C[C@@H]2CC[C@@H]1C2. The smallest absolute Gasteiger partial charge is 0.267 e. The van der Waals surface area contributed by atoms with E-state index in [9.17, 15) is 4.79 Å². The van der Waals surface area contributed by atoms with E-state index >= 15 is 0 Å². The molecule has 21 heavy (non-hydrogen) atoms. The fourth-order valence-corrected chi connectivity index (χ4v) is 3.98. The van der Waals surface area contributed by atoms with Crippen molar-refractivity contribution >= 4 is 34.8 Å². The van der Waals surface area contributed by atoms with Crippen molar-refractivity contribution in [1.29, 1.82) is 0 Å². The van der Waals surface area contributed by atoms with Gasteiger partial charge in [0.15, 0.2) is 0 Å². The zero-order chi connectivity index (χ0) is 15.0. The molecule has 5 heteroatoms. The molecule has 0 aliphatic heterocycles. The summed E-state index contributed by atoms with van der Waals surface area (Å²) in [4.78, 5) is 12.1. The molecular weight excluding hydrogens is 307 g/mol. The molecule has 0 spiro atoms. The van der Waals surface area contributed by atoms with E-state index in [0.29, 0.717) is 21.5 Å². The molecule has 0 aromatic heterocycles. The molecule has 2 aliphatic rings. The van der Waals surface area contributed by atoms with Crippen LogP contribution in [0.4, 0.5) is 0 Å². The number of nitrogens with zero attached hydrogens (tertiary/aromatic N) is 1. The number of hydrogen-bond acceptors (Lipinski definition) is 2. The predicted octanol–water partition coefficient (Wildman–Crippen LogP) is 4.54. The van der Waals surface area contributed by atoms with Crippen LogP contribution in [0, 0.1) is 17.8 Å². The molecule has 2 saturated carbocycles. The Labute approximate surface area is 134 Å². The lowest BCUT2D eigenvalue weighted by atomic mass is 9.86. The molecule has 1 amide bonds. The normalized spacial score (nSPS) is 28.0. The molecule has 0 heterocycles. The number of rotatable bonds is 3. The first kappa shape index (κ1) is 14.9. The average molecular weight is 325 g/mol. The lowest BCUT2D eigenvalue weighted by Gasteiger charge is -2.21. The van der Waals surface area contributed by atoms with Gasteiger partial charge >= 0.3 is 0 Å². The van der Waals surface area contributed by atoms with E-state index in [1.165, 1.54) is 25.7 Å². The molecule has 2 bridgehead atoms. The van der Waals surface area contributed by atoms with Crippen molar-refractivity contribution in [1.82, 2.24) is 5.43 Å². The zero-order valence-electron chi connectivity index (χ0n) is 11.9. The molecule has 0 radical (unpaired) electrons. The Morgan fingerprint density at radius 1 is 1.24 bits per heavy atom. The van der Waals surface area contributed by atoms with Gasteiger partial charge < -0.3 is 0 Å². The third-order valence-electron chi connectivity index (χ3n) is 4.79. The molecule has 1 N–H and O–H groups in total. The lowest BCUT2D eigenvalue weighted by Crippen LogP contribution is -2.24. The monoisotopic (exact) mass is 324 g/mol. The van der Waals surface area contributed by atoms with Gasteiger partial charge in [0.1, 0.15) is 0 Å². The van der Waals surface area contributed by atoms with Crippen LogP contribution in [0.3, 0.4) is 0 Å². The van der Waals surface area contributed by atoms with Gasteiger partial charge in [-0.15, -0.1) is 0 Å². The van der Waals surface area contributed by atoms with E-state index in [2.05, 4.69) is 10.5 Å². The summed E-state index contributed by atoms with van der Waals surface area (Å²) in [5.74, 6) is 1.92. The van der Waals surface area contributed by atoms with E-state index in [0.717, 1.165) is 17.5 Å². The minimum absolute atomic E-state index is 0.254. The summed E-state index contributed by atoms with van der Waals surface area (Å²) in [6, 6.07) is 4.82. The molecule has 1 aromatic rings. The van der Waals surface area contributed by atoms with Crippen molar-refractivity contribution in [3.8, 4) is 0 Å². The first-order chi connectivity index (χ1) is 10.0. The maximum Gasteiger partial charge on any atom is 0.271 e. The predicted molar refractivity (Wildman–Crippen MR) is 86.0 cm³/mol. The maximum absolute atomic E-state index is 12.1. The first-order valence-electron chi connectivity index (χ1n) is 7.34. The topological polar surface area (TPSA) is 41.5 Å².